The van der Waals surface area contributed by atoms with Gasteiger partial charge < -0.3 is 9.73 Å². The van der Waals surface area contributed by atoms with E-state index in [2.05, 4.69) is 15.5 Å². The summed E-state index contributed by atoms with van der Waals surface area (Å²) in [5, 5.41) is 12.7. The van der Waals surface area contributed by atoms with Gasteiger partial charge in [-0.25, -0.2) is 0 Å². The molecule has 0 atom stereocenters. The number of benzene rings is 3. The van der Waals surface area contributed by atoms with E-state index in [0.29, 0.717) is 5.89 Å². The maximum atomic E-state index is 12.8. The topological polar surface area (TPSA) is 68.0 Å². The highest BCUT2D eigenvalue weighted by Crippen LogP contribution is 2.31. The van der Waals surface area contributed by atoms with Gasteiger partial charge >= 0.3 is 6.18 Å². The van der Waals surface area contributed by atoms with E-state index in [-0.39, 0.29) is 16.7 Å². The van der Waals surface area contributed by atoms with Crippen molar-refractivity contribution in [3.05, 3.63) is 72.3 Å². The minimum absolute atomic E-state index is 0.0674. The third-order valence-electron chi connectivity index (χ3n) is 4.20. The van der Waals surface area contributed by atoms with Crippen molar-refractivity contribution in [3.8, 4) is 11.5 Å². The molecule has 30 heavy (non-hydrogen) atoms. The van der Waals surface area contributed by atoms with Crippen LogP contribution in [0.15, 0.2) is 76.4 Å². The number of nitrogens with one attached hydrogen (secondary N) is 1. The molecule has 0 aliphatic rings. The Kier molecular flexibility index (Phi) is 5.45. The molecule has 0 aliphatic carbocycles. The Labute approximate surface area is 173 Å². The van der Waals surface area contributed by atoms with Crippen molar-refractivity contribution in [2.45, 2.75) is 11.4 Å². The molecule has 1 N–H and O–H groups in total. The van der Waals surface area contributed by atoms with Crippen LogP contribution in [-0.4, -0.2) is 21.9 Å². The second-order valence-corrected chi connectivity index (χ2v) is 7.28. The molecule has 4 aromatic rings. The summed E-state index contributed by atoms with van der Waals surface area (Å²) in [6, 6.07) is 18.1. The number of hydrogen-bond acceptors (Lipinski definition) is 5. The highest BCUT2D eigenvalue weighted by atomic mass is 32.2. The van der Waals surface area contributed by atoms with Gasteiger partial charge in [-0.05, 0) is 41.1 Å². The van der Waals surface area contributed by atoms with E-state index in [4.69, 9.17) is 4.42 Å². The van der Waals surface area contributed by atoms with E-state index in [1.165, 1.54) is 12.1 Å². The van der Waals surface area contributed by atoms with Crippen molar-refractivity contribution in [1.29, 1.82) is 0 Å². The molecule has 0 saturated carbocycles. The summed E-state index contributed by atoms with van der Waals surface area (Å²) in [5.41, 5.74) is -0.0100. The van der Waals surface area contributed by atoms with Crippen LogP contribution >= 0.6 is 11.8 Å². The second kappa shape index (κ2) is 8.19. The highest BCUT2D eigenvalue weighted by molar-refractivity contribution is 7.99. The van der Waals surface area contributed by atoms with Gasteiger partial charge in [0.1, 0.15) is 0 Å². The third kappa shape index (κ3) is 4.62. The molecule has 0 radical (unpaired) electrons. The van der Waals surface area contributed by atoms with E-state index in [1.54, 1.807) is 0 Å². The lowest BCUT2D eigenvalue weighted by Crippen LogP contribution is -2.15. The van der Waals surface area contributed by atoms with Crippen LogP contribution in [0.4, 0.5) is 18.9 Å². The maximum absolute atomic E-state index is 12.8. The Hall–Kier alpha value is -3.33. The van der Waals surface area contributed by atoms with Gasteiger partial charge in [0.15, 0.2) is 0 Å². The summed E-state index contributed by atoms with van der Waals surface area (Å²) in [4.78, 5) is 12.1. The lowest BCUT2D eigenvalue weighted by atomic mass is 10.1. The first kappa shape index (κ1) is 20.0. The fourth-order valence-corrected chi connectivity index (χ4v) is 3.37. The fraction of sp³-hybridized carbons (Fsp3) is 0.0952. The molecular weight excluding hydrogens is 415 g/mol. The summed E-state index contributed by atoms with van der Waals surface area (Å²) in [5.74, 6) is -0.249. The zero-order valence-electron chi connectivity index (χ0n) is 15.3. The van der Waals surface area contributed by atoms with E-state index < -0.39 is 17.6 Å². The molecule has 0 spiro atoms. The maximum Gasteiger partial charge on any atom is 0.416 e. The summed E-state index contributed by atoms with van der Waals surface area (Å²) in [6.07, 6.45) is -4.47. The van der Waals surface area contributed by atoms with Gasteiger partial charge in [0.05, 0.1) is 11.3 Å². The van der Waals surface area contributed by atoms with Crippen molar-refractivity contribution in [1.82, 2.24) is 10.2 Å². The third-order valence-corrected chi connectivity index (χ3v) is 5.02. The van der Waals surface area contributed by atoms with Gasteiger partial charge in [0.25, 0.3) is 5.22 Å². The molecule has 3 aromatic carbocycles. The average molecular weight is 429 g/mol. The van der Waals surface area contributed by atoms with Crippen LogP contribution in [0.2, 0.25) is 0 Å². The van der Waals surface area contributed by atoms with Gasteiger partial charge in [-0.1, -0.05) is 48.2 Å². The fourth-order valence-electron chi connectivity index (χ4n) is 2.80. The molecule has 0 unspecified atom stereocenters. The molecule has 0 saturated heterocycles. The summed E-state index contributed by atoms with van der Waals surface area (Å²) in [7, 11) is 0. The van der Waals surface area contributed by atoms with Gasteiger partial charge in [-0.15, -0.1) is 10.2 Å². The first-order valence-electron chi connectivity index (χ1n) is 8.81. The van der Waals surface area contributed by atoms with Gasteiger partial charge in [0, 0.05) is 11.3 Å². The summed E-state index contributed by atoms with van der Waals surface area (Å²) in [6.45, 7) is 0. The van der Waals surface area contributed by atoms with E-state index in [0.717, 1.165) is 40.2 Å². The van der Waals surface area contributed by atoms with Crippen molar-refractivity contribution >= 4 is 34.1 Å². The number of hydrogen-bond donors (Lipinski definition) is 1. The minimum Gasteiger partial charge on any atom is -0.411 e. The largest absolute Gasteiger partial charge is 0.416 e. The molecule has 0 fully saturated rings. The van der Waals surface area contributed by atoms with Crippen molar-refractivity contribution in [2.75, 3.05) is 11.1 Å². The first-order chi connectivity index (χ1) is 14.4. The molecule has 5 nitrogen and oxygen atoms in total. The van der Waals surface area contributed by atoms with Gasteiger partial charge in [-0.2, -0.15) is 13.2 Å². The van der Waals surface area contributed by atoms with Crippen LogP contribution in [0.25, 0.3) is 22.2 Å². The van der Waals surface area contributed by atoms with Crippen LogP contribution in [0.1, 0.15) is 5.56 Å². The quantitative estimate of drug-likeness (QED) is 0.416. The predicted octanol–water partition coefficient (Wildman–Crippen LogP) is 5.64. The van der Waals surface area contributed by atoms with Gasteiger partial charge in [-0.3, -0.25) is 4.79 Å². The zero-order chi connectivity index (χ0) is 21.1. The first-order valence-corrected chi connectivity index (χ1v) is 9.80. The number of thioether (sulfide) groups is 1. The number of rotatable bonds is 5. The number of anilines is 1. The number of amides is 1. The SMILES string of the molecule is O=C(CSc1nnc(-c2ccc3ccccc3c2)o1)Nc1cccc(C(F)(F)F)c1. The number of halogens is 3. The number of nitrogens with zero attached hydrogens (tertiary/aromatic N) is 2. The number of alkyl halides is 3. The van der Waals surface area contributed by atoms with Crippen LogP contribution < -0.4 is 5.32 Å². The minimum atomic E-state index is -4.47. The highest BCUT2D eigenvalue weighted by Gasteiger charge is 2.30. The Morgan fingerprint density at radius 2 is 1.77 bits per heavy atom. The van der Waals surface area contributed by atoms with E-state index in [9.17, 15) is 18.0 Å². The molecule has 1 amide bonds. The number of carbonyl (C=O) groups excluding carboxylic acids is 1. The van der Waals surface area contributed by atoms with Crippen molar-refractivity contribution < 1.29 is 22.4 Å². The molecule has 4 rings (SSSR count). The Morgan fingerprint density at radius 3 is 2.57 bits per heavy atom. The molecule has 0 aliphatic heterocycles. The molecule has 0 bridgehead atoms. The average Bonchev–Trinajstić information content (AvgIpc) is 3.21. The Bertz CT molecular complexity index is 1210. The standard InChI is InChI=1S/C21H14F3N3O2S/c22-21(23,24)16-6-3-7-17(11-16)25-18(28)12-30-20-27-26-19(29-20)15-9-8-13-4-1-2-5-14(13)10-15/h1-11H,12H2,(H,25,28). The number of carbonyl (C=O) groups is 1. The number of aromatic nitrogens is 2. The smallest absolute Gasteiger partial charge is 0.411 e. The lowest BCUT2D eigenvalue weighted by molar-refractivity contribution is -0.137. The monoisotopic (exact) mass is 429 g/mol. The molecule has 1 aromatic heterocycles. The zero-order valence-corrected chi connectivity index (χ0v) is 16.1. The second-order valence-electron chi connectivity index (χ2n) is 6.35. The normalized spacial score (nSPS) is 11.6. The van der Waals surface area contributed by atoms with Gasteiger partial charge in [0.2, 0.25) is 11.8 Å². The van der Waals surface area contributed by atoms with Crippen molar-refractivity contribution in [3.63, 3.8) is 0 Å². The Morgan fingerprint density at radius 1 is 0.967 bits per heavy atom. The van der Waals surface area contributed by atoms with E-state index in [1.807, 2.05) is 42.5 Å². The summed E-state index contributed by atoms with van der Waals surface area (Å²) >= 11 is 1.00. The summed E-state index contributed by atoms with van der Waals surface area (Å²) < 4.78 is 43.9. The van der Waals surface area contributed by atoms with Crippen LogP contribution in [-0.2, 0) is 11.0 Å². The molecular formula is C21H14F3N3O2S. The predicted molar refractivity (Wildman–Crippen MR) is 108 cm³/mol. The Balaban J connectivity index is 1.39. The molecule has 152 valence electrons. The van der Waals surface area contributed by atoms with Crippen LogP contribution in [0.3, 0.4) is 0 Å². The van der Waals surface area contributed by atoms with Crippen LogP contribution in [0.5, 0.6) is 0 Å². The molecule has 1 heterocycles. The van der Waals surface area contributed by atoms with Crippen LogP contribution in [0, 0.1) is 0 Å². The lowest BCUT2D eigenvalue weighted by Gasteiger charge is -2.09. The number of fused-ring (bicyclic) bond motifs is 1. The molecule has 9 heteroatoms. The van der Waals surface area contributed by atoms with Crippen molar-refractivity contribution in [2.24, 2.45) is 0 Å². The van der Waals surface area contributed by atoms with E-state index >= 15 is 0 Å².